The lowest BCUT2D eigenvalue weighted by molar-refractivity contribution is -0.190. The molecule has 1 aliphatic heterocycles. The number of fused-ring (bicyclic) bond motifs is 1. The van der Waals surface area contributed by atoms with Crippen molar-refractivity contribution >= 4 is 10.0 Å². The maximum atomic E-state index is 13.2. The lowest BCUT2D eigenvalue weighted by Crippen LogP contribution is -2.38. The van der Waals surface area contributed by atoms with Crippen LogP contribution in [0.3, 0.4) is 0 Å². The zero-order valence-electron chi connectivity index (χ0n) is 11.9. The predicted molar refractivity (Wildman–Crippen MR) is 71.5 cm³/mol. The van der Waals surface area contributed by atoms with E-state index in [1.165, 1.54) is 17.1 Å². The summed E-state index contributed by atoms with van der Waals surface area (Å²) in [6.07, 6.45) is -1.79. The van der Waals surface area contributed by atoms with Crippen molar-refractivity contribution in [2.24, 2.45) is 10.8 Å². The first kappa shape index (κ1) is 15.8. The smallest absolute Gasteiger partial charge is 0.321 e. The number of nitrogens with zero attached hydrogens (tertiary/aromatic N) is 2. The maximum absolute atomic E-state index is 13.2. The minimum Gasteiger partial charge on any atom is -0.321 e. The number of halogens is 3. The molecule has 0 amide bonds. The monoisotopic (exact) mass is 338 g/mol. The van der Waals surface area contributed by atoms with Crippen LogP contribution in [0.25, 0.3) is 0 Å². The largest absolute Gasteiger partial charge is 0.396 e. The molecule has 1 aromatic heterocycles. The minimum atomic E-state index is -4.33. The molecule has 3 rings (SSSR count). The molecule has 22 heavy (non-hydrogen) atoms. The van der Waals surface area contributed by atoms with Crippen LogP contribution >= 0.6 is 0 Å². The van der Waals surface area contributed by atoms with Crippen LogP contribution in [0, 0.1) is 10.8 Å². The van der Waals surface area contributed by atoms with Gasteiger partial charge in [-0.25, -0.2) is 18.1 Å². The van der Waals surface area contributed by atoms with E-state index in [4.69, 9.17) is 0 Å². The van der Waals surface area contributed by atoms with Gasteiger partial charge >= 0.3 is 6.18 Å². The number of aryl methyl sites for hydroxylation is 1. The van der Waals surface area contributed by atoms with Crippen LogP contribution in [0.4, 0.5) is 13.2 Å². The Kier molecular flexibility index (Phi) is 3.35. The van der Waals surface area contributed by atoms with E-state index in [9.17, 15) is 21.6 Å². The number of alkyl halides is 3. The summed E-state index contributed by atoms with van der Waals surface area (Å²) in [4.78, 5) is 3.77. The summed E-state index contributed by atoms with van der Waals surface area (Å²) in [6, 6.07) is 0. The van der Waals surface area contributed by atoms with Gasteiger partial charge in [-0.05, 0) is 13.3 Å². The van der Waals surface area contributed by atoms with Crippen molar-refractivity contribution in [1.29, 1.82) is 0 Å². The van der Waals surface area contributed by atoms with Crippen molar-refractivity contribution in [3.05, 3.63) is 12.5 Å². The Morgan fingerprint density at radius 2 is 2.18 bits per heavy atom. The first-order valence-electron chi connectivity index (χ1n) is 6.95. The van der Waals surface area contributed by atoms with E-state index in [1.807, 2.05) is 0 Å². The molecule has 0 spiro atoms. The molecule has 1 saturated carbocycles. The van der Waals surface area contributed by atoms with Gasteiger partial charge in [0.2, 0.25) is 0 Å². The quantitative estimate of drug-likeness (QED) is 0.830. The van der Waals surface area contributed by atoms with E-state index in [-0.39, 0.29) is 31.1 Å². The molecule has 0 radical (unpaired) electrons. The van der Waals surface area contributed by atoms with Gasteiger partial charge in [-0.15, -0.1) is 0 Å². The van der Waals surface area contributed by atoms with Crippen molar-refractivity contribution in [2.75, 3.05) is 19.6 Å². The number of rotatable bonds is 5. The third-order valence-electron chi connectivity index (χ3n) is 4.85. The van der Waals surface area contributed by atoms with Crippen LogP contribution in [-0.4, -0.2) is 43.8 Å². The first-order chi connectivity index (χ1) is 10.2. The second-order valence-electron chi connectivity index (χ2n) is 5.98. The summed E-state index contributed by atoms with van der Waals surface area (Å²) in [7, 11) is -3.88. The fourth-order valence-corrected chi connectivity index (χ4v) is 4.70. The summed E-state index contributed by atoms with van der Waals surface area (Å²) < 4.78 is 67.9. The Balaban J connectivity index is 1.77. The lowest BCUT2D eigenvalue weighted by atomic mass is 9.96. The number of sulfonamides is 1. The molecule has 2 N–H and O–H groups in total. The van der Waals surface area contributed by atoms with E-state index in [0.717, 1.165) is 0 Å². The predicted octanol–water partition coefficient (Wildman–Crippen LogP) is 0.723. The Hall–Kier alpha value is -1.13. The van der Waals surface area contributed by atoms with E-state index in [1.54, 1.807) is 6.92 Å². The summed E-state index contributed by atoms with van der Waals surface area (Å²) in [5, 5.41) is 2.70. The fraction of sp³-hybridized carbons (Fsp3) is 0.750. The number of nitrogens with one attached hydrogen (secondary N) is 2. The molecule has 2 atom stereocenters. The minimum absolute atomic E-state index is 0.0318. The first-order valence-corrected chi connectivity index (χ1v) is 8.43. The van der Waals surface area contributed by atoms with Gasteiger partial charge in [0.25, 0.3) is 10.0 Å². The van der Waals surface area contributed by atoms with E-state index < -0.39 is 27.0 Å². The van der Waals surface area contributed by atoms with E-state index in [0.29, 0.717) is 6.54 Å². The highest BCUT2D eigenvalue weighted by Gasteiger charge is 2.81. The normalized spacial score (nSPS) is 31.3. The van der Waals surface area contributed by atoms with Gasteiger partial charge in [-0.3, -0.25) is 0 Å². The third kappa shape index (κ3) is 2.08. The van der Waals surface area contributed by atoms with Crippen LogP contribution in [0.1, 0.15) is 13.3 Å². The molecule has 2 heterocycles. The highest BCUT2D eigenvalue weighted by molar-refractivity contribution is 7.89. The fourth-order valence-electron chi connectivity index (χ4n) is 3.40. The molecular formula is C12H17F3N4O2S. The van der Waals surface area contributed by atoms with Gasteiger partial charge in [0, 0.05) is 31.6 Å². The van der Waals surface area contributed by atoms with Gasteiger partial charge < -0.3 is 9.88 Å². The standard InChI is InChI=1S/C12H17F3N4O2S/c1-2-19-8-16-3-9(19)22(20,21)18-6-10-4-11(10,7-17-5-10)12(13,14)15/h3,8,17-18H,2,4-7H2,1H3/t10-,11-/m1/s1. The molecule has 2 fully saturated rings. The van der Waals surface area contributed by atoms with E-state index >= 15 is 0 Å². The summed E-state index contributed by atoms with van der Waals surface area (Å²) >= 11 is 0. The van der Waals surface area contributed by atoms with Crippen molar-refractivity contribution in [1.82, 2.24) is 19.6 Å². The Labute approximate surface area is 126 Å². The zero-order chi connectivity index (χ0) is 16.2. The van der Waals surface area contributed by atoms with Crippen LogP contribution < -0.4 is 10.0 Å². The topological polar surface area (TPSA) is 76.0 Å². The maximum Gasteiger partial charge on any atom is 0.396 e. The van der Waals surface area contributed by atoms with Crippen LogP contribution in [0.2, 0.25) is 0 Å². The third-order valence-corrected chi connectivity index (χ3v) is 6.27. The second-order valence-corrected chi connectivity index (χ2v) is 7.70. The molecule has 1 aromatic rings. The molecule has 10 heteroatoms. The Bertz CT molecular complexity index is 687. The second kappa shape index (κ2) is 4.68. The zero-order valence-corrected chi connectivity index (χ0v) is 12.8. The average molecular weight is 338 g/mol. The highest BCUT2D eigenvalue weighted by Crippen LogP contribution is 2.72. The van der Waals surface area contributed by atoms with Crippen molar-refractivity contribution in [2.45, 2.75) is 31.1 Å². The van der Waals surface area contributed by atoms with Crippen molar-refractivity contribution in [3.8, 4) is 0 Å². The van der Waals surface area contributed by atoms with E-state index in [2.05, 4.69) is 15.0 Å². The molecule has 1 saturated heterocycles. The lowest BCUT2D eigenvalue weighted by Gasteiger charge is -2.20. The molecule has 2 aliphatic rings. The molecular weight excluding hydrogens is 321 g/mol. The van der Waals surface area contributed by atoms with Crippen LogP contribution in [0.5, 0.6) is 0 Å². The van der Waals surface area contributed by atoms with Crippen molar-refractivity contribution < 1.29 is 21.6 Å². The number of aromatic nitrogens is 2. The summed E-state index contributed by atoms with van der Waals surface area (Å²) in [5.74, 6) is 0. The molecule has 124 valence electrons. The van der Waals surface area contributed by atoms with Gasteiger partial charge in [-0.1, -0.05) is 0 Å². The van der Waals surface area contributed by atoms with Crippen molar-refractivity contribution in [3.63, 3.8) is 0 Å². The van der Waals surface area contributed by atoms with Crippen LogP contribution in [-0.2, 0) is 16.6 Å². The Morgan fingerprint density at radius 1 is 1.45 bits per heavy atom. The van der Waals surface area contributed by atoms with Gasteiger partial charge in [0.15, 0.2) is 5.03 Å². The highest BCUT2D eigenvalue weighted by atomic mass is 32.2. The molecule has 0 unspecified atom stereocenters. The molecule has 0 aromatic carbocycles. The molecule has 0 bridgehead atoms. The Morgan fingerprint density at radius 3 is 2.77 bits per heavy atom. The van der Waals surface area contributed by atoms with Gasteiger partial charge in [-0.2, -0.15) is 13.2 Å². The van der Waals surface area contributed by atoms with Crippen LogP contribution in [0.15, 0.2) is 17.6 Å². The van der Waals surface area contributed by atoms with Gasteiger partial charge in [0.05, 0.1) is 17.9 Å². The number of imidazole rings is 1. The number of piperidine rings is 1. The summed E-state index contributed by atoms with van der Waals surface area (Å²) in [6.45, 7) is 1.97. The number of hydrogen-bond acceptors (Lipinski definition) is 4. The van der Waals surface area contributed by atoms with Gasteiger partial charge in [0.1, 0.15) is 0 Å². The number of hydrogen-bond donors (Lipinski definition) is 2. The molecule has 1 aliphatic carbocycles. The molecule has 6 nitrogen and oxygen atoms in total. The summed E-state index contributed by atoms with van der Waals surface area (Å²) in [5.41, 5.74) is -2.87. The SMILES string of the molecule is CCn1cncc1S(=O)(=O)NC[C@@]12CNC[C@]1(C(F)(F)F)C2. The average Bonchev–Trinajstić information content (AvgIpc) is 2.81.